The third kappa shape index (κ3) is 2.36. The molecule has 3 rings (SSSR count). The fourth-order valence-corrected chi connectivity index (χ4v) is 2.52. The number of rotatable bonds is 3. The second kappa shape index (κ2) is 5.54. The van der Waals surface area contributed by atoms with E-state index in [0.717, 1.165) is 36.9 Å². The van der Waals surface area contributed by atoms with E-state index in [0.29, 0.717) is 17.2 Å². The van der Waals surface area contributed by atoms with Crippen LogP contribution >= 0.6 is 0 Å². The van der Waals surface area contributed by atoms with Crippen LogP contribution in [0.5, 0.6) is 11.6 Å². The third-order valence-corrected chi connectivity index (χ3v) is 3.57. The zero-order chi connectivity index (χ0) is 13.9. The number of nitrogens with zero attached hydrogens (tertiary/aromatic N) is 2. The van der Waals surface area contributed by atoms with Crippen molar-refractivity contribution in [3.63, 3.8) is 0 Å². The summed E-state index contributed by atoms with van der Waals surface area (Å²) in [6.07, 6.45) is 5.59. The van der Waals surface area contributed by atoms with Crippen molar-refractivity contribution >= 4 is 0 Å². The molecule has 1 heterocycles. The highest BCUT2D eigenvalue weighted by atomic mass is 19.1. The Morgan fingerprint density at radius 3 is 2.90 bits per heavy atom. The molecule has 5 heteroatoms. The number of halogens is 1. The highest BCUT2D eigenvalue weighted by molar-refractivity contribution is 5.40. The summed E-state index contributed by atoms with van der Waals surface area (Å²) < 4.78 is 19.5. The summed E-state index contributed by atoms with van der Waals surface area (Å²) >= 11 is 0. The van der Waals surface area contributed by atoms with Crippen LogP contribution in [0.4, 0.5) is 4.39 Å². The van der Waals surface area contributed by atoms with E-state index in [2.05, 4.69) is 9.97 Å². The SMILES string of the molecule is NCc1c(F)cccc1Oc1ncnc2c1CCCC2. The minimum atomic E-state index is -0.354. The van der Waals surface area contributed by atoms with Gasteiger partial charge in [-0.05, 0) is 37.8 Å². The number of aryl methyl sites for hydroxylation is 1. The zero-order valence-corrected chi connectivity index (χ0v) is 11.1. The number of benzene rings is 1. The van der Waals surface area contributed by atoms with Crippen LogP contribution in [0.1, 0.15) is 29.7 Å². The Morgan fingerprint density at radius 2 is 2.05 bits per heavy atom. The number of hydrogen-bond acceptors (Lipinski definition) is 4. The van der Waals surface area contributed by atoms with Gasteiger partial charge in [-0.15, -0.1) is 0 Å². The van der Waals surface area contributed by atoms with Crippen molar-refractivity contribution < 1.29 is 9.13 Å². The van der Waals surface area contributed by atoms with E-state index >= 15 is 0 Å². The second-order valence-corrected chi connectivity index (χ2v) is 4.83. The Hall–Kier alpha value is -2.01. The molecule has 0 unspecified atom stereocenters. The van der Waals surface area contributed by atoms with Crippen LogP contribution in [-0.2, 0) is 19.4 Å². The van der Waals surface area contributed by atoms with Gasteiger partial charge >= 0.3 is 0 Å². The van der Waals surface area contributed by atoms with Crippen molar-refractivity contribution in [1.29, 1.82) is 0 Å². The lowest BCUT2D eigenvalue weighted by atomic mass is 9.97. The minimum Gasteiger partial charge on any atom is -0.438 e. The van der Waals surface area contributed by atoms with Gasteiger partial charge < -0.3 is 10.5 Å². The quantitative estimate of drug-likeness (QED) is 0.934. The van der Waals surface area contributed by atoms with E-state index in [1.807, 2.05) is 0 Å². The number of ether oxygens (including phenoxy) is 1. The normalized spacial score (nSPS) is 13.9. The van der Waals surface area contributed by atoms with Crippen molar-refractivity contribution in [2.24, 2.45) is 5.73 Å². The molecule has 0 radical (unpaired) electrons. The van der Waals surface area contributed by atoms with Crippen LogP contribution in [0.2, 0.25) is 0 Å². The molecule has 1 aromatic heterocycles. The molecule has 0 aliphatic heterocycles. The molecule has 4 nitrogen and oxygen atoms in total. The van der Waals surface area contributed by atoms with Gasteiger partial charge in [0.05, 0.1) is 5.69 Å². The number of fused-ring (bicyclic) bond motifs is 1. The second-order valence-electron chi connectivity index (χ2n) is 4.83. The van der Waals surface area contributed by atoms with Crippen LogP contribution in [0.3, 0.4) is 0 Å². The molecule has 1 aliphatic carbocycles. The molecule has 0 atom stereocenters. The highest BCUT2D eigenvalue weighted by Gasteiger charge is 2.18. The Balaban J connectivity index is 1.98. The fourth-order valence-electron chi connectivity index (χ4n) is 2.52. The van der Waals surface area contributed by atoms with Crippen molar-refractivity contribution in [3.05, 3.63) is 47.2 Å². The van der Waals surface area contributed by atoms with Gasteiger partial charge in [0, 0.05) is 17.7 Å². The van der Waals surface area contributed by atoms with Crippen molar-refractivity contribution in [2.75, 3.05) is 0 Å². The van der Waals surface area contributed by atoms with Gasteiger partial charge in [-0.25, -0.2) is 14.4 Å². The summed E-state index contributed by atoms with van der Waals surface area (Å²) in [5.74, 6) is 0.599. The molecule has 0 saturated heterocycles. The molecule has 1 aliphatic rings. The lowest BCUT2D eigenvalue weighted by molar-refractivity contribution is 0.436. The molecular formula is C15H16FN3O. The monoisotopic (exact) mass is 273 g/mol. The van der Waals surface area contributed by atoms with Gasteiger partial charge in [0.1, 0.15) is 17.9 Å². The smallest absolute Gasteiger partial charge is 0.225 e. The minimum absolute atomic E-state index is 0.0925. The standard InChI is InChI=1S/C15H16FN3O/c16-12-5-3-7-14(11(12)8-17)20-15-10-4-1-2-6-13(10)18-9-19-15/h3,5,7,9H,1-2,4,6,8,17H2. The zero-order valence-electron chi connectivity index (χ0n) is 11.1. The van der Waals surface area contributed by atoms with E-state index < -0.39 is 0 Å². The molecule has 0 fully saturated rings. The summed E-state index contributed by atoms with van der Waals surface area (Å²) in [5, 5.41) is 0. The lowest BCUT2D eigenvalue weighted by Gasteiger charge is -2.18. The number of nitrogens with two attached hydrogens (primary N) is 1. The Labute approximate surface area is 116 Å². The number of hydrogen-bond donors (Lipinski definition) is 1. The largest absolute Gasteiger partial charge is 0.438 e. The first-order valence-electron chi connectivity index (χ1n) is 6.77. The summed E-state index contributed by atoms with van der Waals surface area (Å²) in [6, 6.07) is 4.70. The molecule has 2 aromatic rings. The summed E-state index contributed by atoms with van der Waals surface area (Å²) in [5.41, 5.74) is 8.03. The van der Waals surface area contributed by atoms with Crippen LogP contribution in [-0.4, -0.2) is 9.97 Å². The lowest BCUT2D eigenvalue weighted by Crippen LogP contribution is -2.09. The van der Waals surface area contributed by atoms with E-state index in [1.54, 1.807) is 12.1 Å². The molecule has 0 saturated carbocycles. The van der Waals surface area contributed by atoms with Gasteiger partial charge in [-0.1, -0.05) is 6.07 Å². The first kappa shape index (κ1) is 13.0. The van der Waals surface area contributed by atoms with Gasteiger partial charge in [0.25, 0.3) is 0 Å². The Morgan fingerprint density at radius 1 is 1.20 bits per heavy atom. The maximum Gasteiger partial charge on any atom is 0.225 e. The molecule has 104 valence electrons. The van der Waals surface area contributed by atoms with Crippen LogP contribution in [0, 0.1) is 5.82 Å². The predicted octanol–water partition coefficient (Wildman–Crippen LogP) is 2.75. The highest BCUT2D eigenvalue weighted by Crippen LogP contribution is 2.31. The summed E-state index contributed by atoms with van der Waals surface area (Å²) in [6.45, 7) is 0.0925. The third-order valence-electron chi connectivity index (χ3n) is 3.57. The molecule has 0 bridgehead atoms. The van der Waals surface area contributed by atoms with E-state index in [1.165, 1.54) is 12.4 Å². The van der Waals surface area contributed by atoms with Crippen LogP contribution < -0.4 is 10.5 Å². The maximum atomic E-state index is 13.7. The average Bonchev–Trinajstić information content (AvgIpc) is 2.48. The van der Waals surface area contributed by atoms with Crippen LogP contribution in [0.25, 0.3) is 0 Å². The first-order valence-corrected chi connectivity index (χ1v) is 6.77. The number of aromatic nitrogens is 2. The fraction of sp³-hybridized carbons (Fsp3) is 0.333. The maximum absolute atomic E-state index is 13.7. The molecular weight excluding hydrogens is 257 g/mol. The van der Waals surface area contributed by atoms with Gasteiger partial charge in [-0.2, -0.15) is 0 Å². The van der Waals surface area contributed by atoms with Crippen molar-refractivity contribution in [2.45, 2.75) is 32.2 Å². The van der Waals surface area contributed by atoms with E-state index in [9.17, 15) is 4.39 Å². The first-order chi connectivity index (χ1) is 9.79. The summed E-state index contributed by atoms with van der Waals surface area (Å²) in [7, 11) is 0. The van der Waals surface area contributed by atoms with E-state index in [4.69, 9.17) is 10.5 Å². The predicted molar refractivity (Wildman–Crippen MR) is 73.0 cm³/mol. The molecule has 0 amide bonds. The van der Waals surface area contributed by atoms with Gasteiger partial charge in [-0.3, -0.25) is 0 Å². The molecule has 20 heavy (non-hydrogen) atoms. The van der Waals surface area contributed by atoms with Crippen LogP contribution in [0.15, 0.2) is 24.5 Å². The van der Waals surface area contributed by atoms with Gasteiger partial charge in [0.2, 0.25) is 5.88 Å². The average molecular weight is 273 g/mol. The van der Waals surface area contributed by atoms with E-state index in [-0.39, 0.29) is 12.4 Å². The molecule has 2 N–H and O–H groups in total. The Kier molecular flexibility index (Phi) is 3.60. The molecule has 0 spiro atoms. The molecule has 1 aromatic carbocycles. The Bertz CT molecular complexity index is 631. The van der Waals surface area contributed by atoms with Gasteiger partial charge in [0.15, 0.2) is 0 Å². The summed E-state index contributed by atoms with van der Waals surface area (Å²) in [4.78, 5) is 8.49. The topological polar surface area (TPSA) is 61.0 Å². The van der Waals surface area contributed by atoms with Crippen molar-refractivity contribution in [3.8, 4) is 11.6 Å². The van der Waals surface area contributed by atoms with Crippen molar-refractivity contribution in [1.82, 2.24) is 9.97 Å².